The van der Waals surface area contributed by atoms with Gasteiger partial charge in [0.15, 0.2) is 6.10 Å². The molecule has 0 saturated carbocycles. The van der Waals surface area contributed by atoms with Crippen LogP contribution in [0.25, 0.3) is 0 Å². The Morgan fingerprint density at radius 2 is 2.13 bits per heavy atom. The third-order valence-electron chi connectivity index (χ3n) is 2.15. The first-order chi connectivity index (χ1) is 7.19. The summed E-state index contributed by atoms with van der Waals surface area (Å²) < 4.78 is 5.48. The van der Waals surface area contributed by atoms with E-state index >= 15 is 0 Å². The molecule has 0 aliphatic heterocycles. The van der Waals surface area contributed by atoms with Crippen molar-refractivity contribution in [3.05, 3.63) is 29.8 Å². The average molecular weight is 205 g/mol. The number of nitriles is 1. The molecule has 80 valence electrons. The SMILES string of the molecule is CCC(C#N)Oc1ccccc1[C@@H](C)O. The monoisotopic (exact) mass is 205 g/mol. The van der Waals surface area contributed by atoms with Crippen LogP contribution in [0.15, 0.2) is 24.3 Å². The van der Waals surface area contributed by atoms with Gasteiger partial charge in [-0.3, -0.25) is 0 Å². The summed E-state index contributed by atoms with van der Waals surface area (Å²) in [4.78, 5) is 0. The quantitative estimate of drug-likeness (QED) is 0.821. The van der Waals surface area contributed by atoms with Crippen LogP contribution in [-0.4, -0.2) is 11.2 Å². The molecule has 0 radical (unpaired) electrons. The predicted molar refractivity (Wildman–Crippen MR) is 57.4 cm³/mol. The second-order valence-corrected chi connectivity index (χ2v) is 3.36. The summed E-state index contributed by atoms with van der Waals surface area (Å²) in [6, 6.07) is 9.28. The minimum atomic E-state index is -0.586. The number of para-hydroxylation sites is 1. The van der Waals surface area contributed by atoms with Gasteiger partial charge in [-0.15, -0.1) is 0 Å². The maximum atomic E-state index is 9.50. The Bertz CT molecular complexity index is 355. The highest BCUT2D eigenvalue weighted by Crippen LogP contribution is 2.25. The molecule has 0 amide bonds. The summed E-state index contributed by atoms with van der Waals surface area (Å²) >= 11 is 0. The van der Waals surface area contributed by atoms with Crippen LogP contribution >= 0.6 is 0 Å². The zero-order valence-electron chi connectivity index (χ0n) is 8.97. The van der Waals surface area contributed by atoms with E-state index in [4.69, 9.17) is 10.00 Å². The maximum absolute atomic E-state index is 9.50. The molecule has 0 aromatic heterocycles. The molecule has 0 spiro atoms. The molecule has 1 unspecified atom stereocenters. The number of aliphatic hydroxyl groups excluding tert-OH is 1. The fourth-order valence-corrected chi connectivity index (χ4v) is 1.29. The van der Waals surface area contributed by atoms with Crippen molar-refractivity contribution in [3.63, 3.8) is 0 Å². The Hall–Kier alpha value is -1.53. The molecule has 0 saturated heterocycles. The highest BCUT2D eigenvalue weighted by atomic mass is 16.5. The van der Waals surface area contributed by atoms with Gasteiger partial charge in [-0.1, -0.05) is 25.1 Å². The molecule has 15 heavy (non-hydrogen) atoms. The van der Waals surface area contributed by atoms with E-state index in [-0.39, 0.29) is 0 Å². The Morgan fingerprint density at radius 3 is 2.67 bits per heavy atom. The largest absolute Gasteiger partial charge is 0.475 e. The number of hydrogen-bond acceptors (Lipinski definition) is 3. The van der Waals surface area contributed by atoms with Gasteiger partial charge in [-0.05, 0) is 19.4 Å². The van der Waals surface area contributed by atoms with Crippen molar-refractivity contribution in [2.45, 2.75) is 32.5 Å². The predicted octanol–water partition coefficient (Wildman–Crippen LogP) is 2.42. The summed E-state index contributed by atoms with van der Waals surface area (Å²) in [6.07, 6.45) is -0.410. The van der Waals surface area contributed by atoms with Crippen molar-refractivity contribution in [3.8, 4) is 11.8 Å². The van der Waals surface area contributed by atoms with Gasteiger partial charge in [0, 0.05) is 5.56 Å². The molecule has 2 atom stereocenters. The zero-order chi connectivity index (χ0) is 11.3. The lowest BCUT2D eigenvalue weighted by atomic mass is 10.1. The Labute approximate surface area is 89.9 Å². The van der Waals surface area contributed by atoms with Crippen LogP contribution in [0.2, 0.25) is 0 Å². The molecular weight excluding hydrogens is 190 g/mol. The van der Waals surface area contributed by atoms with Gasteiger partial charge in [0.2, 0.25) is 0 Å². The molecule has 0 aliphatic rings. The first-order valence-electron chi connectivity index (χ1n) is 5.02. The van der Waals surface area contributed by atoms with Crippen molar-refractivity contribution in [1.29, 1.82) is 5.26 Å². The third-order valence-corrected chi connectivity index (χ3v) is 2.15. The summed E-state index contributed by atoms with van der Waals surface area (Å²) in [5.41, 5.74) is 0.714. The van der Waals surface area contributed by atoms with E-state index in [1.54, 1.807) is 19.1 Å². The van der Waals surface area contributed by atoms with Crippen LogP contribution in [0.1, 0.15) is 31.9 Å². The van der Waals surface area contributed by atoms with Crippen molar-refractivity contribution in [1.82, 2.24) is 0 Å². The Morgan fingerprint density at radius 1 is 1.47 bits per heavy atom. The summed E-state index contributed by atoms with van der Waals surface area (Å²) in [5, 5.41) is 18.3. The molecule has 0 heterocycles. The lowest BCUT2D eigenvalue weighted by Crippen LogP contribution is -2.13. The van der Waals surface area contributed by atoms with Gasteiger partial charge in [-0.25, -0.2) is 0 Å². The van der Waals surface area contributed by atoms with E-state index in [2.05, 4.69) is 6.07 Å². The number of hydrogen-bond donors (Lipinski definition) is 1. The summed E-state index contributed by atoms with van der Waals surface area (Å²) in [6.45, 7) is 3.56. The fraction of sp³-hybridized carbons (Fsp3) is 0.417. The smallest absolute Gasteiger partial charge is 0.184 e. The van der Waals surface area contributed by atoms with Gasteiger partial charge >= 0.3 is 0 Å². The molecule has 3 heteroatoms. The van der Waals surface area contributed by atoms with Crippen molar-refractivity contribution in [2.24, 2.45) is 0 Å². The first-order valence-corrected chi connectivity index (χ1v) is 5.02. The third kappa shape index (κ3) is 2.97. The standard InChI is InChI=1S/C12H15NO2/c1-3-10(8-13)15-12-7-5-4-6-11(12)9(2)14/h4-7,9-10,14H,3H2,1-2H3/t9-,10?/m1/s1. The first kappa shape index (κ1) is 11.5. The number of ether oxygens (including phenoxy) is 1. The molecule has 0 bridgehead atoms. The molecular formula is C12H15NO2. The molecule has 1 aromatic rings. The van der Waals surface area contributed by atoms with Gasteiger partial charge in [0.1, 0.15) is 11.8 Å². The van der Waals surface area contributed by atoms with Crippen LogP contribution in [0, 0.1) is 11.3 Å². The minimum Gasteiger partial charge on any atom is -0.475 e. The lowest BCUT2D eigenvalue weighted by molar-refractivity contribution is 0.184. The van der Waals surface area contributed by atoms with Gasteiger partial charge in [-0.2, -0.15) is 5.26 Å². The highest BCUT2D eigenvalue weighted by Gasteiger charge is 2.12. The second kappa shape index (κ2) is 5.38. The molecule has 1 rings (SSSR count). The van der Waals surface area contributed by atoms with Crippen molar-refractivity contribution in [2.75, 3.05) is 0 Å². The van der Waals surface area contributed by atoms with E-state index in [9.17, 15) is 5.11 Å². The number of benzene rings is 1. The van der Waals surface area contributed by atoms with Crippen LogP contribution in [0.3, 0.4) is 0 Å². The van der Waals surface area contributed by atoms with Crippen molar-refractivity contribution < 1.29 is 9.84 Å². The van der Waals surface area contributed by atoms with Gasteiger partial charge in [0.05, 0.1) is 6.10 Å². The Kier molecular flexibility index (Phi) is 4.14. The number of aliphatic hydroxyl groups is 1. The summed E-state index contributed by atoms with van der Waals surface area (Å²) in [5.74, 6) is 0.584. The minimum absolute atomic E-state index is 0.454. The van der Waals surface area contributed by atoms with Gasteiger partial charge in [0.25, 0.3) is 0 Å². The average Bonchev–Trinajstić information content (AvgIpc) is 2.26. The van der Waals surface area contributed by atoms with Crippen molar-refractivity contribution >= 4 is 0 Å². The molecule has 3 nitrogen and oxygen atoms in total. The second-order valence-electron chi connectivity index (χ2n) is 3.36. The van der Waals surface area contributed by atoms with Crippen LogP contribution in [-0.2, 0) is 0 Å². The van der Waals surface area contributed by atoms with E-state index in [1.165, 1.54) is 0 Å². The van der Waals surface area contributed by atoms with E-state index in [0.29, 0.717) is 17.7 Å². The molecule has 0 fully saturated rings. The molecule has 1 N–H and O–H groups in total. The van der Waals surface area contributed by atoms with E-state index in [1.807, 2.05) is 19.1 Å². The maximum Gasteiger partial charge on any atom is 0.184 e. The lowest BCUT2D eigenvalue weighted by Gasteiger charge is -2.15. The molecule has 0 aliphatic carbocycles. The van der Waals surface area contributed by atoms with E-state index < -0.39 is 12.2 Å². The number of rotatable bonds is 4. The molecule has 1 aromatic carbocycles. The normalized spacial score (nSPS) is 14.0. The fourth-order valence-electron chi connectivity index (χ4n) is 1.29. The zero-order valence-corrected chi connectivity index (χ0v) is 8.97. The topological polar surface area (TPSA) is 53.2 Å². The Balaban J connectivity index is 2.89. The van der Waals surface area contributed by atoms with Crippen LogP contribution in [0.5, 0.6) is 5.75 Å². The number of nitrogens with zero attached hydrogens (tertiary/aromatic N) is 1. The van der Waals surface area contributed by atoms with E-state index in [0.717, 1.165) is 0 Å². The summed E-state index contributed by atoms with van der Waals surface area (Å²) in [7, 11) is 0. The highest BCUT2D eigenvalue weighted by molar-refractivity contribution is 5.35. The van der Waals surface area contributed by atoms with Crippen LogP contribution in [0.4, 0.5) is 0 Å². The van der Waals surface area contributed by atoms with Crippen LogP contribution < -0.4 is 4.74 Å². The van der Waals surface area contributed by atoms with Gasteiger partial charge < -0.3 is 9.84 Å².